The molecule has 0 fully saturated rings. The number of hydrogen-bond acceptors (Lipinski definition) is 2. The van der Waals surface area contributed by atoms with Crippen molar-refractivity contribution >= 4 is 18.7 Å². The van der Waals surface area contributed by atoms with E-state index in [9.17, 15) is 4.79 Å². The lowest BCUT2D eigenvalue weighted by Crippen LogP contribution is -1.97. The van der Waals surface area contributed by atoms with Gasteiger partial charge >= 0.3 is 0 Å². The van der Waals surface area contributed by atoms with E-state index in [-0.39, 0.29) is 12.4 Å². The van der Waals surface area contributed by atoms with E-state index in [1.54, 1.807) is 23.1 Å². The van der Waals surface area contributed by atoms with Gasteiger partial charge in [-0.1, -0.05) is 0 Å². The summed E-state index contributed by atoms with van der Waals surface area (Å²) in [7, 11) is 0. The SMILES string of the molecule is Cl.O=CCn1cccn1. The second kappa shape index (κ2) is 4.09. The number of carbonyl (C=O) groups is 1. The van der Waals surface area contributed by atoms with Crippen LogP contribution in [0.1, 0.15) is 0 Å². The molecular weight excluding hydrogens is 140 g/mol. The molecule has 0 aliphatic carbocycles. The minimum atomic E-state index is 0. The Hall–Kier alpha value is -0.830. The quantitative estimate of drug-likeness (QED) is 0.570. The molecule has 0 aliphatic rings. The van der Waals surface area contributed by atoms with Crippen molar-refractivity contribution in [3.63, 3.8) is 0 Å². The number of carbonyl (C=O) groups excluding carboxylic acids is 1. The monoisotopic (exact) mass is 146 g/mol. The van der Waals surface area contributed by atoms with Crippen molar-refractivity contribution in [1.82, 2.24) is 9.78 Å². The highest BCUT2D eigenvalue weighted by Gasteiger charge is 1.82. The lowest BCUT2D eigenvalue weighted by Gasteiger charge is -1.86. The maximum absolute atomic E-state index is 9.81. The molecular formula is C5H7ClN2O. The third kappa shape index (κ3) is 2.28. The number of rotatable bonds is 2. The highest BCUT2D eigenvalue weighted by Crippen LogP contribution is 1.79. The van der Waals surface area contributed by atoms with Gasteiger partial charge in [0.1, 0.15) is 6.29 Å². The van der Waals surface area contributed by atoms with Gasteiger partial charge in [-0.05, 0) is 6.07 Å². The van der Waals surface area contributed by atoms with E-state index in [0.29, 0.717) is 6.54 Å². The van der Waals surface area contributed by atoms with E-state index >= 15 is 0 Å². The van der Waals surface area contributed by atoms with Crippen molar-refractivity contribution in [1.29, 1.82) is 0 Å². The van der Waals surface area contributed by atoms with Crippen LogP contribution in [-0.4, -0.2) is 16.1 Å². The van der Waals surface area contributed by atoms with Crippen LogP contribution in [-0.2, 0) is 11.3 Å². The van der Waals surface area contributed by atoms with Gasteiger partial charge in [0.05, 0.1) is 6.54 Å². The minimum Gasteiger partial charge on any atom is -0.301 e. The molecule has 0 spiro atoms. The fourth-order valence-electron chi connectivity index (χ4n) is 0.485. The predicted molar refractivity (Wildman–Crippen MR) is 35.5 cm³/mol. The van der Waals surface area contributed by atoms with Crippen molar-refractivity contribution in [2.24, 2.45) is 0 Å². The van der Waals surface area contributed by atoms with Crippen LogP contribution in [0.3, 0.4) is 0 Å². The van der Waals surface area contributed by atoms with Gasteiger partial charge in [0, 0.05) is 12.4 Å². The zero-order valence-electron chi connectivity index (χ0n) is 4.73. The van der Waals surface area contributed by atoms with E-state index in [2.05, 4.69) is 5.10 Å². The van der Waals surface area contributed by atoms with Crippen molar-refractivity contribution < 1.29 is 4.79 Å². The van der Waals surface area contributed by atoms with Crippen LogP contribution < -0.4 is 0 Å². The van der Waals surface area contributed by atoms with E-state index in [1.807, 2.05) is 0 Å². The summed E-state index contributed by atoms with van der Waals surface area (Å²) in [5, 5.41) is 3.79. The number of halogens is 1. The summed E-state index contributed by atoms with van der Waals surface area (Å²) in [6.07, 6.45) is 4.20. The molecule has 0 aliphatic heterocycles. The normalized spacial score (nSPS) is 8.00. The van der Waals surface area contributed by atoms with Crippen LogP contribution in [0.25, 0.3) is 0 Å². The van der Waals surface area contributed by atoms with Crippen LogP contribution >= 0.6 is 12.4 Å². The molecule has 50 valence electrons. The lowest BCUT2D eigenvalue weighted by atomic mass is 10.7. The summed E-state index contributed by atoms with van der Waals surface area (Å²) < 4.78 is 1.56. The first-order valence-electron chi connectivity index (χ1n) is 2.34. The lowest BCUT2D eigenvalue weighted by molar-refractivity contribution is -0.108. The Balaban J connectivity index is 0.000000640. The molecule has 0 N–H and O–H groups in total. The molecule has 4 heteroatoms. The summed E-state index contributed by atoms with van der Waals surface area (Å²) in [5.41, 5.74) is 0. The Kier molecular flexibility index (Phi) is 3.71. The second-order valence-corrected chi connectivity index (χ2v) is 1.39. The number of aromatic nitrogens is 2. The van der Waals surface area contributed by atoms with E-state index < -0.39 is 0 Å². The third-order valence-electron chi connectivity index (χ3n) is 0.821. The molecule has 0 atom stereocenters. The van der Waals surface area contributed by atoms with Crippen molar-refractivity contribution in [3.05, 3.63) is 18.5 Å². The van der Waals surface area contributed by atoms with Gasteiger partial charge in [-0.15, -0.1) is 12.4 Å². The average Bonchev–Trinajstić information content (AvgIpc) is 2.19. The highest BCUT2D eigenvalue weighted by molar-refractivity contribution is 5.85. The molecule has 1 rings (SSSR count). The first-order valence-corrected chi connectivity index (χ1v) is 2.34. The highest BCUT2D eigenvalue weighted by atomic mass is 35.5. The largest absolute Gasteiger partial charge is 0.301 e. The molecule has 1 aromatic heterocycles. The summed E-state index contributed by atoms with van der Waals surface area (Å²) in [6, 6.07) is 1.78. The molecule has 0 saturated heterocycles. The number of aldehydes is 1. The van der Waals surface area contributed by atoms with Crippen molar-refractivity contribution in [2.45, 2.75) is 6.54 Å². The zero-order chi connectivity index (χ0) is 5.82. The standard InChI is InChI=1S/C5H6N2O.ClH/c8-5-4-7-3-1-2-6-7;/h1-3,5H,4H2;1H. The maximum atomic E-state index is 9.81. The summed E-state index contributed by atoms with van der Waals surface area (Å²) in [6.45, 7) is 0.354. The van der Waals surface area contributed by atoms with Gasteiger partial charge in [-0.3, -0.25) is 4.68 Å². The summed E-state index contributed by atoms with van der Waals surface area (Å²) in [5.74, 6) is 0. The average molecular weight is 147 g/mol. The Morgan fingerprint density at radius 1 is 1.67 bits per heavy atom. The number of nitrogens with zero attached hydrogens (tertiary/aromatic N) is 2. The molecule has 0 saturated carbocycles. The van der Waals surface area contributed by atoms with E-state index in [0.717, 1.165) is 6.29 Å². The van der Waals surface area contributed by atoms with Crippen LogP contribution in [0.15, 0.2) is 18.5 Å². The zero-order valence-corrected chi connectivity index (χ0v) is 5.54. The van der Waals surface area contributed by atoms with Gasteiger partial charge in [-0.2, -0.15) is 5.10 Å². The van der Waals surface area contributed by atoms with Gasteiger partial charge in [0.2, 0.25) is 0 Å². The van der Waals surface area contributed by atoms with Crippen LogP contribution in [0.5, 0.6) is 0 Å². The van der Waals surface area contributed by atoms with Crippen LogP contribution in [0.2, 0.25) is 0 Å². The van der Waals surface area contributed by atoms with Gasteiger partial charge in [0.25, 0.3) is 0 Å². The summed E-state index contributed by atoms with van der Waals surface area (Å²) in [4.78, 5) is 9.81. The molecule has 9 heavy (non-hydrogen) atoms. The smallest absolute Gasteiger partial charge is 0.141 e. The fraction of sp³-hybridized carbons (Fsp3) is 0.200. The Bertz CT molecular complexity index is 161. The fourth-order valence-corrected chi connectivity index (χ4v) is 0.485. The molecule has 1 aromatic rings. The molecule has 0 aromatic carbocycles. The third-order valence-corrected chi connectivity index (χ3v) is 0.821. The summed E-state index contributed by atoms with van der Waals surface area (Å²) >= 11 is 0. The number of hydrogen-bond donors (Lipinski definition) is 0. The van der Waals surface area contributed by atoms with Crippen molar-refractivity contribution in [2.75, 3.05) is 0 Å². The molecule has 0 unspecified atom stereocenters. The topological polar surface area (TPSA) is 34.9 Å². The van der Waals surface area contributed by atoms with E-state index in [1.165, 1.54) is 0 Å². The van der Waals surface area contributed by atoms with Gasteiger partial charge in [-0.25, -0.2) is 0 Å². The Morgan fingerprint density at radius 3 is 2.89 bits per heavy atom. The molecule has 0 amide bonds. The molecule has 0 bridgehead atoms. The molecule has 1 heterocycles. The Labute approximate surface area is 59.1 Å². The minimum absolute atomic E-state index is 0. The molecule has 0 radical (unpaired) electrons. The van der Waals surface area contributed by atoms with Crippen LogP contribution in [0, 0.1) is 0 Å². The van der Waals surface area contributed by atoms with Crippen LogP contribution in [0.4, 0.5) is 0 Å². The van der Waals surface area contributed by atoms with Crippen molar-refractivity contribution in [3.8, 4) is 0 Å². The van der Waals surface area contributed by atoms with E-state index in [4.69, 9.17) is 0 Å². The Morgan fingerprint density at radius 2 is 2.44 bits per heavy atom. The molecule has 3 nitrogen and oxygen atoms in total. The van der Waals surface area contributed by atoms with Gasteiger partial charge < -0.3 is 4.79 Å². The van der Waals surface area contributed by atoms with Gasteiger partial charge in [0.15, 0.2) is 0 Å². The maximum Gasteiger partial charge on any atom is 0.141 e. The second-order valence-electron chi connectivity index (χ2n) is 1.39. The first-order chi connectivity index (χ1) is 3.93. The first kappa shape index (κ1) is 8.17. The predicted octanol–water partition coefficient (Wildman–Crippen LogP) is 0.504.